The van der Waals surface area contributed by atoms with Gasteiger partial charge >= 0.3 is 0 Å². The van der Waals surface area contributed by atoms with Gasteiger partial charge in [-0.2, -0.15) is 0 Å². The first-order chi connectivity index (χ1) is 6.95. The van der Waals surface area contributed by atoms with Gasteiger partial charge in [-0.05, 0) is 0 Å². The Morgan fingerprint density at radius 2 is 2.57 bits per heavy atom. The molecule has 0 fully saturated rings. The van der Waals surface area contributed by atoms with Crippen LogP contribution in [-0.4, -0.2) is 21.1 Å². The number of hydrogen-bond donors (Lipinski definition) is 1. The summed E-state index contributed by atoms with van der Waals surface area (Å²) < 4.78 is 7.11. The van der Waals surface area contributed by atoms with Crippen molar-refractivity contribution in [2.45, 2.75) is 12.6 Å². The van der Waals surface area contributed by atoms with Crippen molar-refractivity contribution in [2.24, 2.45) is 0 Å². The highest BCUT2D eigenvalue weighted by atomic mass is 16.3. The van der Waals surface area contributed by atoms with E-state index in [-0.39, 0.29) is 6.04 Å². The maximum absolute atomic E-state index is 4.98. The highest BCUT2D eigenvalue weighted by Gasteiger charge is 2.23. The summed E-state index contributed by atoms with van der Waals surface area (Å²) in [5.41, 5.74) is 2.05. The summed E-state index contributed by atoms with van der Waals surface area (Å²) in [7, 11) is 0. The zero-order valence-electron chi connectivity index (χ0n) is 7.55. The number of rotatable bonds is 1. The molecule has 0 amide bonds. The van der Waals surface area contributed by atoms with Crippen molar-refractivity contribution in [3.8, 4) is 0 Å². The highest BCUT2D eigenvalue weighted by Crippen LogP contribution is 2.22. The molecule has 1 unspecified atom stereocenters. The summed E-state index contributed by atoms with van der Waals surface area (Å²) in [5.74, 6) is 0. The van der Waals surface area contributed by atoms with Gasteiger partial charge in [-0.3, -0.25) is 0 Å². The van der Waals surface area contributed by atoms with Crippen LogP contribution in [0.5, 0.6) is 0 Å². The van der Waals surface area contributed by atoms with Crippen LogP contribution >= 0.6 is 0 Å². The smallest absolute Gasteiger partial charge is 0.180 e. The van der Waals surface area contributed by atoms with Gasteiger partial charge in [0.2, 0.25) is 0 Å². The third kappa shape index (κ3) is 1.06. The predicted octanol–water partition coefficient (Wildman–Crippen LogP) is 0.564. The molecule has 2 aromatic heterocycles. The lowest BCUT2D eigenvalue weighted by atomic mass is 10.1. The molecule has 0 radical (unpaired) electrons. The first kappa shape index (κ1) is 7.75. The Morgan fingerprint density at radius 1 is 1.57 bits per heavy atom. The minimum Gasteiger partial charge on any atom is -0.451 e. The van der Waals surface area contributed by atoms with Gasteiger partial charge in [-0.25, -0.2) is 9.97 Å². The van der Waals surface area contributed by atoms with E-state index in [4.69, 9.17) is 4.42 Å². The Morgan fingerprint density at radius 3 is 3.43 bits per heavy atom. The predicted molar refractivity (Wildman–Crippen MR) is 48.6 cm³/mol. The zero-order valence-corrected chi connectivity index (χ0v) is 7.55. The van der Waals surface area contributed by atoms with Crippen molar-refractivity contribution in [3.63, 3.8) is 0 Å². The SMILES string of the molecule is c1nc(C2NCCn3cncc32)co1. The molecule has 5 heteroatoms. The molecule has 1 N–H and O–H groups in total. The Labute approximate surface area is 80.8 Å². The van der Waals surface area contributed by atoms with Crippen molar-refractivity contribution in [1.82, 2.24) is 19.9 Å². The molecule has 0 aromatic carbocycles. The van der Waals surface area contributed by atoms with Crippen molar-refractivity contribution in [1.29, 1.82) is 0 Å². The normalized spacial score (nSPS) is 20.7. The van der Waals surface area contributed by atoms with Gasteiger partial charge in [0.1, 0.15) is 12.0 Å². The van der Waals surface area contributed by atoms with E-state index in [0.717, 1.165) is 24.5 Å². The molecule has 1 atom stereocenters. The minimum absolute atomic E-state index is 0.116. The van der Waals surface area contributed by atoms with E-state index in [9.17, 15) is 0 Å². The van der Waals surface area contributed by atoms with Crippen LogP contribution in [0, 0.1) is 0 Å². The van der Waals surface area contributed by atoms with Crippen LogP contribution in [0.1, 0.15) is 17.4 Å². The number of nitrogens with zero attached hydrogens (tertiary/aromatic N) is 3. The molecule has 1 aliphatic heterocycles. The van der Waals surface area contributed by atoms with Crippen LogP contribution in [0.2, 0.25) is 0 Å². The topological polar surface area (TPSA) is 55.9 Å². The summed E-state index contributed by atoms with van der Waals surface area (Å²) in [6.45, 7) is 1.89. The largest absolute Gasteiger partial charge is 0.451 e. The molecule has 0 spiro atoms. The van der Waals surface area contributed by atoms with Crippen LogP contribution in [0.3, 0.4) is 0 Å². The van der Waals surface area contributed by atoms with E-state index in [1.165, 1.54) is 6.39 Å². The highest BCUT2D eigenvalue weighted by molar-refractivity contribution is 5.19. The van der Waals surface area contributed by atoms with Gasteiger partial charge in [0, 0.05) is 13.1 Å². The Hall–Kier alpha value is -1.62. The second-order valence-electron chi connectivity index (χ2n) is 3.31. The lowest BCUT2D eigenvalue weighted by Crippen LogP contribution is -2.33. The molecule has 72 valence electrons. The average Bonchev–Trinajstić information content (AvgIpc) is 2.88. The lowest BCUT2D eigenvalue weighted by Gasteiger charge is -2.23. The quantitative estimate of drug-likeness (QED) is 0.714. The minimum atomic E-state index is 0.116. The third-order valence-corrected chi connectivity index (χ3v) is 2.49. The Balaban J connectivity index is 2.04. The number of nitrogens with one attached hydrogen (secondary N) is 1. The molecule has 0 saturated carbocycles. The number of oxazole rings is 1. The van der Waals surface area contributed by atoms with Crippen LogP contribution in [0.4, 0.5) is 0 Å². The summed E-state index contributed by atoms with van der Waals surface area (Å²) in [4.78, 5) is 8.28. The van der Waals surface area contributed by atoms with Gasteiger partial charge in [0.15, 0.2) is 6.39 Å². The van der Waals surface area contributed by atoms with E-state index in [1.54, 1.807) is 6.26 Å². The molecular formula is C9H10N4O. The van der Waals surface area contributed by atoms with Crippen LogP contribution < -0.4 is 5.32 Å². The number of hydrogen-bond acceptors (Lipinski definition) is 4. The third-order valence-electron chi connectivity index (χ3n) is 2.49. The van der Waals surface area contributed by atoms with Gasteiger partial charge < -0.3 is 14.3 Å². The molecule has 3 heterocycles. The van der Waals surface area contributed by atoms with Crippen molar-refractivity contribution in [2.75, 3.05) is 6.54 Å². The zero-order chi connectivity index (χ0) is 9.38. The fourth-order valence-corrected chi connectivity index (χ4v) is 1.81. The fourth-order valence-electron chi connectivity index (χ4n) is 1.81. The van der Waals surface area contributed by atoms with Crippen LogP contribution in [0.15, 0.2) is 29.6 Å². The number of fused-ring (bicyclic) bond motifs is 1. The van der Waals surface area contributed by atoms with E-state index in [2.05, 4.69) is 19.9 Å². The summed E-state index contributed by atoms with van der Waals surface area (Å²) >= 11 is 0. The molecule has 2 aromatic rings. The fraction of sp³-hybridized carbons (Fsp3) is 0.333. The van der Waals surface area contributed by atoms with Crippen molar-refractivity contribution >= 4 is 0 Å². The van der Waals surface area contributed by atoms with Gasteiger partial charge in [0.25, 0.3) is 0 Å². The first-order valence-corrected chi connectivity index (χ1v) is 4.56. The molecule has 1 aliphatic rings. The van der Waals surface area contributed by atoms with E-state index >= 15 is 0 Å². The second kappa shape index (κ2) is 2.95. The molecule has 0 bridgehead atoms. The van der Waals surface area contributed by atoms with Crippen molar-refractivity contribution < 1.29 is 4.42 Å². The number of aromatic nitrogens is 3. The maximum atomic E-state index is 4.98. The summed E-state index contributed by atoms with van der Waals surface area (Å²) in [6, 6.07) is 0.116. The summed E-state index contributed by atoms with van der Waals surface area (Å²) in [6.07, 6.45) is 6.83. The monoisotopic (exact) mass is 190 g/mol. The summed E-state index contributed by atoms with van der Waals surface area (Å²) in [5, 5.41) is 3.38. The lowest BCUT2D eigenvalue weighted by molar-refractivity contribution is 0.459. The Bertz CT molecular complexity index is 420. The first-order valence-electron chi connectivity index (χ1n) is 4.56. The van der Waals surface area contributed by atoms with E-state index in [1.807, 2.05) is 12.5 Å². The average molecular weight is 190 g/mol. The van der Waals surface area contributed by atoms with Crippen molar-refractivity contribution in [3.05, 3.63) is 36.6 Å². The molecule has 0 aliphatic carbocycles. The van der Waals surface area contributed by atoms with Gasteiger partial charge in [-0.15, -0.1) is 0 Å². The van der Waals surface area contributed by atoms with Gasteiger partial charge in [-0.1, -0.05) is 0 Å². The van der Waals surface area contributed by atoms with Crippen LogP contribution in [-0.2, 0) is 6.54 Å². The molecule has 14 heavy (non-hydrogen) atoms. The maximum Gasteiger partial charge on any atom is 0.180 e. The number of imidazole rings is 1. The standard InChI is InChI=1S/C9H10N4O/c1-2-13-5-10-3-8(13)9(11-1)7-4-14-6-12-7/h3-6,9,11H,1-2H2. The van der Waals surface area contributed by atoms with E-state index < -0.39 is 0 Å². The van der Waals surface area contributed by atoms with Gasteiger partial charge in [0.05, 0.1) is 24.3 Å². The molecule has 0 saturated heterocycles. The molecular weight excluding hydrogens is 180 g/mol. The Kier molecular flexibility index (Phi) is 1.63. The van der Waals surface area contributed by atoms with E-state index in [0.29, 0.717) is 0 Å². The molecule has 3 rings (SSSR count). The second-order valence-corrected chi connectivity index (χ2v) is 3.31. The van der Waals surface area contributed by atoms with Crippen LogP contribution in [0.25, 0.3) is 0 Å². The molecule has 5 nitrogen and oxygen atoms in total.